The summed E-state index contributed by atoms with van der Waals surface area (Å²) in [5, 5.41) is 10.7. The largest absolute Gasteiger partial charge is 0.310 e. The van der Waals surface area contributed by atoms with Crippen molar-refractivity contribution in [1.29, 1.82) is 0 Å². The van der Waals surface area contributed by atoms with E-state index in [0.29, 0.717) is 5.69 Å². The maximum absolute atomic E-state index is 7.49. The summed E-state index contributed by atoms with van der Waals surface area (Å²) in [4.78, 5) is 6.08. The summed E-state index contributed by atoms with van der Waals surface area (Å²) in [6, 6.07) is 35.6. The topological polar surface area (TPSA) is 7.60 Å². The second-order valence-electron chi connectivity index (χ2n) is 12.7. The summed E-state index contributed by atoms with van der Waals surface area (Å²) in [7, 11) is -3.18. The Morgan fingerprint density at radius 3 is 1.67 bits per heavy atom. The lowest BCUT2D eigenvalue weighted by molar-refractivity contribution is 1.30. The second-order valence-corrected chi connectivity index (χ2v) is 22.8. The lowest BCUT2D eigenvalue weighted by Gasteiger charge is -2.31. The van der Waals surface area contributed by atoms with E-state index in [-0.39, 0.29) is 0 Å². The van der Waals surface area contributed by atoms with Crippen LogP contribution in [-0.2, 0) is 0 Å². The minimum absolute atomic E-state index is 0.660. The molecule has 0 unspecified atom stereocenters. The molecule has 0 aliphatic rings. The highest BCUT2D eigenvalue weighted by Crippen LogP contribution is 2.43. The Hall–Kier alpha value is -3.92. The molecule has 0 bridgehead atoms. The van der Waals surface area contributed by atoms with Gasteiger partial charge in [-0.3, -0.25) is 0 Å². The van der Waals surface area contributed by atoms with Crippen LogP contribution >= 0.6 is 0 Å². The smallest absolute Gasteiger partial charge is 0.187 e. The molecular weight excluding hydrogens is 505 g/mol. The Labute approximate surface area is 233 Å². The Kier molecular flexibility index (Phi) is 5.91. The van der Waals surface area contributed by atoms with E-state index in [0.717, 1.165) is 5.69 Å². The number of rotatable bonds is 5. The third kappa shape index (κ3) is 4.42. The minimum Gasteiger partial charge on any atom is -0.310 e. The molecule has 0 saturated heterocycles. The first-order chi connectivity index (χ1) is 18.5. The van der Waals surface area contributed by atoms with Crippen molar-refractivity contribution in [2.24, 2.45) is 0 Å². The lowest BCUT2D eigenvalue weighted by Crippen LogP contribution is -2.45. The van der Waals surface area contributed by atoms with Crippen LogP contribution in [0.4, 0.5) is 22.7 Å². The van der Waals surface area contributed by atoms with E-state index in [4.69, 9.17) is 6.57 Å². The van der Waals surface area contributed by atoms with Crippen molar-refractivity contribution in [2.45, 2.75) is 39.3 Å². The number of benzene rings is 6. The molecule has 6 aromatic carbocycles. The average molecular weight is 539 g/mol. The van der Waals surface area contributed by atoms with E-state index in [2.05, 4.69) is 134 Å². The number of hydrogen-bond acceptors (Lipinski definition) is 1. The molecule has 192 valence electrons. The lowest BCUT2D eigenvalue weighted by atomic mass is 9.93. The van der Waals surface area contributed by atoms with Gasteiger partial charge in [-0.05, 0) is 57.3 Å². The number of hydrogen-bond donors (Lipinski definition) is 0. The fourth-order valence-corrected chi connectivity index (χ4v) is 8.11. The molecule has 0 aliphatic carbocycles. The van der Waals surface area contributed by atoms with Gasteiger partial charge in [0.05, 0.1) is 28.4 Å². The van der Waals surface area contributed by atoms with Gasteiger partial charge < -0.3 is 4.90 Å². The molecule has 0 aliphatic heterocycles. The van der Waals surface area contributed by atoms with Gasteiger partial charge in [-0.1, -0.05) is 116 Å². The van der Waals surface area contributed by atoms with Crippen LogP contribution in [0.25, 0.3) is 37.2 Å². The first-order valence-corrected chi connectivity index (χ1v) is 20.6. The summed E-state index contributed by atoms with van der Waals surface area (Å²) in [5.74, 6) is 0. The molecule has 6 rings (SSSR count). The summed E-state index contributed by atoms with van der Waals surface area (Å²) >= 11 is 0. The molecule has 0 radical (unpaired) electrons. The third-order valence-electron chi connectivity index (χ3n) is 7.89. The Morgan fingerprint density at radius 1 is 0.564 bits per heavy atom. The zero-order valence-electron chi connectivity index (χ0n) is 23.6. The predicted octanol–water partition coefficient (Wildman–Crippen LogP) is 9.69. The van der Waals surface area contributed by atoms with Crippen molar-refractivity contribution in [3.8, 4) is 0 Å². The van der Waals surface area contributed by atoms with Crippen molar-refractivity contribution in [3.05, 3.63) is 108 Å². The van der Waals surface area contributed by atoms with Crippen LogP contribution < -0.4 is 15.3 Å². The highest BCUT2D eigenvalue weighted by molar-refractivity contribution is 6.91. The zero-order valence-corrected chi connectivity index (χ0v) is 25.6. The molecule has 4 heteroatoms. The van der Waals surface area contributed by atoms with E-state index in [1.807, 2.05) is 12.1 Å². The van der Waals surface area contributed by atoms with Crippen LogP contribution in [0.15, 0.2) is 97.1 Å². The first kappa shape index (κ1) is 25.4. The van der Waals surface area contributed by atoms with E-state index >= 15 is 0 Å². The van der Waals surface area contributed by atoms with E-state index in [1.165, 1.54) is 54.1 Å². The summed E-state index contributed by atoms with van der Waals surface area (Å²) in [6.45, 7) is 22.1. The molecule has 0 saturated carbocycles. The van der Waals surface area contributed by atoms with Crippen LogP contribution in [0.3, 0.4) is 0 Å². The molecule has 0 fully saturated rings. The fraction of sp³-hybridized carbons (Fsp3) is 0.171. The molecule has 0 aromatic heterocycles. The Bertz CT molecular complexity index is 1840. The van der Waals surface area contributed by atoms with Crippen LogP contribution in [0.5, 0.6) is 0 Å². The minimum atomic E-state index is -1.59. The Balaban J connectivity index is 1.70. The van der Waals surface area contributed by atoms with Gasteiger partial charge in [0.15, 0.2) is 5.69 Å². The van der Waals surface area contributed by atoms with Crippen LogP contribution in [0.1, 0.15) is 0 Å². The van der Waals surface area contributed by atoms with Gasteiger partial charge in [0.25, 0.3) is 0 Å². The number of anilines is 3. The van der Waals surface area contributed by atoms with E-state index in [1.54, 1.807) is 0 Å². The average Bonchev–Trinajstić information content (AvgIpc) is 2.92. The van der Waals surface area contributed by atoms with Crippen molar-refractivity contribution in [1.82, 2.24) is 0 Å². The molecule has 0 heterocycles. The fourth-order valence-electron chi connectivity index (χ4n) is 5.62. The van der Waals surface area contributed by atoms with Gasteiger partial charge in [0.2, 0.25) is 0 Å². The normalized spacial score (nSPS) is 12.3. The monoisotopic (exact) mass is 538 g/mol. The molecular formula is C35H34N2Si2. The molecule has 6 aromatic rings. The van der Waals surface area contributed by atoms with Crippen molar-refractivity contribution < 1.29 is 0 Å². The highest BCUT2D eigenvalue weighted by Gasteiger charge is 2.26. The van der Waals surface area contributed by atoms with Crippen LogP contribution in [0, 0.1) is 6.57 Å². The van der Waals surface area contributed by atoms with Gasteiger partial charge in [-0.25, -0.2) is 4.85 Å². The van der Waals surface area contributed by atoms with Crippen molar-refractivity contribution >= 4 is 81.6 Å². The van der Waals surface area contributed by atoms with Gasteiger partial charge in [-0.15, -0.1) is 0 Å². The van der Waals surface area contributed by atoms with Gasteiger partial charge in [-0.2, -0.15) is 0 Å². The highest BCUT2D eigenvalue weighted by atomic mass is 28.3. The standard InChI is InChI=1S/C35H34N2Si2/c1-36-27-15-17-28(18-16-27)37(29-21-30(38(2,3)4)23-31(22-29)39(5,6)7)33-20-14-26-12-11-24-9-8-10-25-13-19-32(33)35(26)34(24)25/h8-23H,2-7H3. The first-order valence-electron chi connectivity index (χ1n) is 13.6. The SMILES string of the molecule is [C-]#[N+]c1ccc(N(c2cc([Si](C)(C)C)cc([Si](C)(C)C)c2)c2ccc3ccc4cccc5ccc2c3c45)cc1. The molecule has 0 spiro atoms. The molecule has 0 atom stereocenters. The van der Waals surface area contributed by atoms with Gasteiger partial charge in [0.1, 0.15) is 0 Å². The van der Waals surface area contributed by atoms with Gasteiger partial charge >= 0.3 is 0 Å². The van der Waals surface area contributed by atoms with Crippen molar-refractivity contribution in [3.63, 3.8) is 0 Å². The Morgan fingerprint density at radius 2 is 1.10 bits per heavy atom. The van der Waals surface area contributed by atoms with E-state index < -0.39 is 16.1 Å². The molecule has 0 amide bonds. The van der Waals surface area contributed by atoms with Crippen molar-refractivity contribution in [2.75, 3.05) is 4.90 Å². The maximum Gasteiger partial charge on any atom is 0.187 e. The quantitative estimate of drug-likeness (QED) is 0.120. The third-order valence-corrected chi connectivity index (χ3v) is 11.9. The summed E-state index contributed by atoms with van der Waals surface area (Å²) in [6.07, 6.45) is 0. The molecule has 39 heavy (non-hydrogen) atoms. The predicted molar refractivity (Wildman–Crippen MR) is 177 cm³/mol. The zero-order chi connectivity index (χ0) is 27.5. The van der Waals surface area contributed by atoms with Crippen LogP contribution in [0.2, 0.25) is 39.3 Å². The number of nitrogens with zero attached hydrogens (tertiary/aromatic N) is 2. The summed E-state index contributed by atoms with van der Waals surface area (Å²) in [5.41, 5.74) is 4.11. The van der Waals surface area contributed by atoms with Gasteiger partial charge in [0, 0.05) is 16.8 Å². The van der Waals surface area contributed by atoms with Crippen LogP contribution in [-0.4, -0.2) is 16.1 Å². The van der Waals surface area contributed by atoms with E-state index in [9.17, 15) is 0 Å². The molecule has 2 nitrogen and oxygen atoms in total. The molecule has 0 N–H and O–H groups in total. The maximum atomic E-state index is 7.49. The second kappa shape index (κ2) is 9.08. The summed E-state index contributed by atoms with van der Waals surface area (Å²) < 4.78 is 0.